The molecular weight excluding hydrogens is 247 g/mol. The molecule has 2 N–H and O–H groups in total. The lowest BCUT2D eigenvalue weighted by atomic mass is 10.2. The summed E-state index contributed by atoms with van der Waals surface area (Å²) in [6, 6.07) is 2.02. The zero-order chi connectivity index (χ0) is 13.7. The predicted octanol–water partition coefficient (Wildman–Crippen LogP) is -0.168. The summed E-state index contributed by atoms with van der Waals surface area (Å²) >= 11 is 0. The zero-order valence-electron chi connectivity index (χ0n) is 9.04. The Balaban J connectivity index is 2.90. The first kappa shape index (κ1) is 13.6. The summed E-state index contributed by atoms with van der Waals surface area (Å²) < 4.78 is 12.5. The normalized spacial score (nSPS) is 9.83. The molecule has 0 aliphatic heterocycles. The van der Waals surface area contributed by atoms with Crippen LogP contribution in [0.1, 0.15) is 10.4 Å². The van der Waals surface area contributed by atoms with Gasteiger partial charge >= 0.3 is 11.9 Å². The first-order valence-corrected chi connectivity index (χ1v) is 4.74. The first-order chi connectivity index (χ1) is 8.40. The number of carboxylic acid groups (broad SMARTS) is 2. The lowest BCUT2D eigenvalue weighted by Gasteiger charge is -2.18. The van der Waals surface area contributed by atoms with Crippen molar-refractivity contribution in [2.45, 2.75) is 0 Å². The van der Waals surface area contributed by atoms with Gasteiger partial charge in [0, 0.05) is 6.20 Å². The van der Waals surface area contributed by atoms with E-state index >= 15 is 0 Å². The average molecular weight is 256 g/mol. The molecule has 0 aliphatic rings. The van der Waals surface area contributed by atoms with Crippen molar-refractivity contribution in [2.24, 2.45) is 0 Å². The second-order valence-electron chi connectivity index (χ2n) is 3.32. The number of nitrogens with zero attached hydrogens (tertiary/aromatic N) is 2. The molecule has 0 atom stereocenters. The molecule has 0 fully saturated rings. The Morgan fingerprint density at radius 1 is 1.17 bits per heavy atom. The van der Waals surface area contributed by atoms with Crippen LogP contribution in [0.3, 0.4) is 0 Å². The topological polar surface area (TPSA) is 108 Å². The number of halogens is 1. The third-order valence-electron chi connectivity index (χ3n) is 1.91. The van der Waals surface area contributed by atoms with E-state index in [1.54, 1.807) is 0 Å². The second-order valence-corrected chi connectivity index (χ2v) is 3.32. The fraction of sp³-hybridized carbons (Fsp3) is 0.200. The number of aromatic nitrogens is 1. The minimum Gasteiger partial charge on any atom is -0.480 e. The van der Waals surface area contributed by atoms with E-state index in [4.69, 9.17) is 10.2 Å². The van der Waals surface area contributed by atoms with E-state index in [0.29, 0.717) is 4.90 Å². The fourth-order valence-electron chi connectivity index (χ4n) is 1.21. The highest BCUT2D eigenvalue weighted by atomic mass is 19.1. The Kier molecular flexibility index (Phi) is 4.30. The molecule has 96 valence electrons. The number of rotatable bonds is 5. The van der Waals surface area contributed by atoms with Gasteiger partial charge in [0.25, 0.3) is 5.91 Å². The molecule has 0 aromatic carbocycles. The summed E-state index contributed by atoms with van der Waals surface area (Å²) in [7, 11) is 0. The maximum Gasteiger partial charge on any atom is 0.323 e. The fourth-order valence-corrected chi connectivity index (χ4v) is 1.21. The van der Waals surface area contributed by atoms with Gasteiger partial charge in [-0.05, 0) is 12.1 Å². The molecule has 1 amide bonds. The van der Waals surface area contributed by atoms with Gasteiger partial charge in [0.05, 0.1) is 5.56 Å². The maximum absolute atomic E-state index is 12.5. The van der Waals surface area contributed by atoms with Gasteiger partial charge in [-0.25, -0.2) is 4.98 Å². The van der Waals surface area contributed by atoms with Crippen molar-refractivity contribution in [1.29, 1.82) is 0 Å². The van der Waals surface area contributed by atoms with Crippen molar-refractivity contribution in [3.05, 3.63) is 29.8 Å². The van der Waals surface area contributed by atoms with E-state index in [-0.39, 0.29) is 5.56 Å². The summed E-state index contributed by atoms with van der Waals surface area (Å²) in [4.78, 5) is 36.6. The van der Waals surface area contributed by atoms with Gasteiger partial charge < -0.3 is 15.1 Å². The van der Waals surface area contributed by atoms with Crippen LogP contribution in [0.2, 0.25) is 0 Å². The van der Waals surface area contributed by atoms with E-state index in [0.717, 1.165) is 18.3 Å². The van der Waals surface area contributed by atoms with Crippen molar-refractivity contribution in [2.75, 3.05) is 13.1 Å². The van der Waals surface area contributed by atoms with E-state index in [9.17, 15) is 18.8 Å². The van der Waals surface area contributed by atoms with Crippen LogP contribution in [0.25, 0.3) is 0 Å². The standard InChI is InChI=1S/C10H9FN2O5/c11-7-2-1-6(3-12-7)10(18)13(4-8(14)15)5-9(16)17/h1-3H,4-5H2,(H,14,15)(H,16,17). The Morgan fingerprint density at radius 3 is 2.11 bits per heavy atom. The lowest BCUT2D eigenvalue weighted by Crippen LogP contribution is -2.39. The van der Waals surface area contributed by atoms with Gasteiger partial charge in [0.15, 0.2) is 0 Å². The van der Waals surface area contributed by atoms with E-state index in [2.05, 4.69) is 4.98 Å². The molecule has 8 heteroatoms. The van der Waals surface area contributed by atoms with Crippen molar-refractivity contribution < 1.29 is 29.0 Å². The number of carbonyl (C=O) groups is 3. The molecule has 1 heterocycles. The molecule has 1 aromatic heterocycles. The monoisotopic (exact) mass is 256 g/mol. The molecule has 0 radical (unpaired) electrons. The molecular formula is C10H9FN2O5. The first-order valence-electron chi connectivity index (χ1n) is 4.74. The number of carboxylic acids is 2. The molecule has 0 saturated heterocycles. The molecule has 1 rings (SSSR count). The second kappa shape index (κ2) is 5.71. The van der Waals surface area contributed by atoms with Gasteiger partial charge in [0.1, 0.15) is 13.1 Å². The third-order valence-corrected chi connectivity index (χ3v) is 1.91. The quantitative estimate of drug-likeness (QED) is 0.708. The highest BCUT2D eigenvalue weighted by Gasteiger charge is 2.21. The SMILES string of the molecule is O=C(O)CN(CC(=O)O)C(=O)c1ccc(F)nc1. The summed E-state index contributed by atoms with van der Waals surface area (Å²) in [6.45, 7) is -1.52. The van der Waals surface area contributed by atoms with E-state index in [1.165, 1.54) is 0 Å². The van der Waals surface area contributed by atoms with Gasteiger partial charge in [-0.15, -0.1) is 0 Å². The van der Waals surface area contributed by atoms with Gasteiger partial charge in [-0.3, -0.25) is 14.4 Å². The number of amides is 1. The van der Waals surface area contributed by atoms with Crippen LogP contribution in [-0.2, 0) is 9.59 Å². The van der Waals surface area contributed by atoms with Crippen molar-refractivity contribution in [3.8, 4) is 0 Å². The predicted molar refractivity (Wildman–Crippen MR) is 55.4 cm³/mol. The smallest absolute Gasteiger partial charge is 0.323 e. The van der Waals surface area contributed by atoms with Crippen LogP contribution in [0, 0.1) is 5.95 Å². The average Bonchev–Trinajstić information content (AvgIpc) is 2.27. The summed E-state index contributed by atoms with van der Waals surface area (Å²) in [5.41, 5.74) is -0.0844. The molecule has 0 spiro atoms. The van der Waals surface area contributed by atoms with Crippen LogP contribution in [0.15, 0.2) is 18.3 Å². The zero-order valence-corrected chi connectivity index (χ0v) is 9.04. The summed E-state index contributed by atoms with van der Waals surface area (Å²) in [5, 5.41) is 17.1. The number of hydrogen-bond acceptors (Lipinski definition) is 4. The number of aliphatic carboxylic acids is 2. The van der Waals surface area contributed by atoms with Gasteiger partial charge in [-0.2, -0.15) is 4.39 Å². The van der Waals surface area contributed by atoms with Crippen LogP contribution in [0.5, 0.6) is 0 Å². The van der Waals surface area contributed by atoms with Crippen molar-refractivity contribution in [3.63, 3.8) is 0 Å². The Hall–Kier alpha value is -2.51. The Morgan fingerprint density at radius 2 is 1.72 bits per heavy atom. The highest BCUT2D eigenvalue weighted by Crippen LogP contribution is 2.04. The number of carbonyl (C=O) groups excluding carboxylic acids is 1. The molecule has 1 aromatic rings. The largest absolute Gasteiger partial charge is 0.480 e. The molecule has 0 aliphatic carbocycles. The third kappa shape index (κ3) is 3.81. The Bertz CT molecular complexity index is 458. The highest BCUT2D eigenvalue weighted by molar-refractivity contribution is 5.97. The minimum absolute atomic E-state index is 0.0844. The van der Waals surface area contributed by atoms with Crippen LogP contribution in [-0.4, -0.2) is 51.0 Å². The summed E-state index contributed by atoms with van der Waals surface area (Å²) in [6.07, 6.45) is 0.911. The van der Waals surface area contributed by atoms with E-state index in [1.807, 2.05) is 0 Å². The molecule has 0 saturated carbocycles. The molecule has 0 unspecified atom stereocenters. The van der Waals surface area contributed by atoms with Crippen LogP contribution in [0.4, 0.5) is 4.39 Å². The van der Waals surface area contributed by atoms with Crippen molar-refractivity contribution in [1.82, 2.24) is 9.88 Å². The maximum atomic E-state index is 12.5. The van der Waals surface area contributed by atoms with Crippen LogP contribution >= 0.6 is 0 Å². The van der Waals surface area contributed by atoms with E-state index < -0.39 is 36.9 Å². The molecule has 18 heavy (non-hydrogen) atoms. The number of hydrogen-bond donors (Lipinski definition) is 2. The molecule has 0 bridgehead atoms. The van der Waals surface area contributed by atoms with Gasteiger partial charge in [-0.1, -0.05) is 0 Å². The molecule has 7 nitrogen and oxygen atoms in total. The van der Waals surface area contributed by atoms with Gasteiger partial charge in [0.2, 0.25) is 5.95 Å². The Labute approximate surface area is 100 Å². The number of pyridine rings is 1. The van der Waals surface area contributed by atoms with Crippen molar-refractivity contribution >= 4 is 17.8 Å². The minimum atomic E-state index is -1.35. The van der Waals surface area contributed by atoms with Crippen LogP contribution < -0.4 is 0 Å². The summed E-state index contributed by atoms with van der Waals surface area (Å²) in [5.74, 6) is -4.33. The lowest BCUT2D eigenvalue weighted by molar-refractivity contribution is -0.140.